The first-order valence-electron chi connectivity index (χ1n) is 7.10. The molecule has 0 radical (unpaired) electrons. The van der Waals surface area contributed by atoms with E-state index in [0.29, 0.717) is 28.4 Å². The maximum Gasteiger partial charge on any atom is 0.241 e. The first kappa shape index (κ1) is 16.9. The first-order chi connectivity index (χ1) is 9.67. The van der Waals surface area contributed by atoms with Crippen LogP contribution in [0.3, 0.4) is 0 Å². The summed E-state index contributed by atoms with van der Waals surface area (Å²) in [6, 6.07) is 3.72. The van der Waals surface area contributed by atoms with Gasteiger partial charge in [0, 0.05) is 17.6 Å². The van der Waals surface area contributed by atoms with Crippen LogP contribution >= 0.6 is 15.9 Å². The van der Waals surface area contributed by atoms with Crippen LogP contribution < -0.4 is 10.0 Å². The van der Waals surface area contributed by atoms with E-state index >= 15 is 0 Å². The van der Waals surface area contributed by atoms with Crippen LogP contribution in [0.25, 0.3) is 0 Å². The van der Waals surface area contributed by atoms with Gasteiger partial charge in [-0.3, -0.25) is 0 Å². The predicted octanol–water partition coefficient (Wildman–Crippen LogP) is 2.80. The first-order valence-corrected chi connectivity index (χ1v) is 9.38. The highest BCUT2D eigenvalue weighted by molar-refractivity contribution is 9.10. The molecular formula is C15H23BrN2O2S. The molecule has 118 valence electrons. The van der Waals surface area contributed by atoms with E-state index in [4.69, 9.17) is 0 Å². The lowest BCUT2D eigenvalue weighted by Gasteiger charge is -2.13. The number of benzene rings is 1. The third-order valence-corrected chi connectivity index (χ3v) is 6.95. The van der Waals surface area contributed by atoms with Crippen LogP contribution in [0.2, 0.25) is 0 Å². The van der Waals surface area contributed by atoms with Crippen LogP contribution in [0.1, 0.15) is 31.4 Å². The standard InChI is InChI=1S/C15H23BrN2O2S/c1-10-5-11(8-17-4)6-13(14(10)16)21(19,20)18-9-12-7-15(12,2)3/h5-6,12,17-18H,7-9H2,1-4H3. The number of rotatable bonds is 6. The summed E-state index contributed by atoms with van der Waals surface area (Å²) < 4.78 is 28.5. The van der Waals surface area contributed by atoms with Gasteiger partial charge in [0.2, 0.25) is 10.0 Å². The molecule has 1 unspecified atom stereocenters. The SMILES string of the molecule is CNCc1cc(C)c(Br)c(S(=O)(=O)NCC2CC2(C)C)c1. The van der Waals surface area contributed by atoms with Gasteiger partial charge in [-0.15, -0.1) is 0 Å². The summed E-state index contributed by atoms with van der Waals surface area (Å²) in [6.45, 7) is 7.40. The zero-order valence-corrected chi connectivity index (χ0v) is 15.4. The van der Waals surface area contributed by atoms with Crippen molar-refractivity contribution < 1.29 is 8.42 Å². The molecule has 1 fully saturated rings. The molecular weight excluding hydrogens is 352 g/mol. The lowest BCUT2D eigenvalue weighted by Crippen LogP contribution is -2.27. The number of sulfonamides is 1. The van der Waals surface area contributed by atoms with E-state index < -0.39 is 10.0 Å². The Bertz CT molecular complexity index is 641. The molecule has 1 saturated carbocycles. The number of hydrogen-bond donors (Lipinski definition) is 2. The van der Waals surface area contributed by atoms with Crippen molar-refractivity contribution in [1.29, 1.82) is 0 Å². The maximum absolute atomic E-state index is 12.5. The van der Waals surface area contributed by atoms with Gasteiger partial charge < -0.3 is 5.32 Å². The smallest absolute Gasteiger partial charge is 0.241 e. The highest BCUT2D eigenvalue weighted by Crippen LogP contribution is 2.51. The van der Waals surface area contributed by atoms with Crippen molar-refractivity contribution in [3.05, 3.63) is 27.7 Å². The van der Waals surface area contributed by atoms with Crippen LogP contribution in [0.4, 0.5) is 0 Å². The van der Waals surface area contributed by atoms with Gasteiger partial charge in [-0.05, 0) is 64.8 Å². The summed E-state index contributed by atoms with van der Waals surface area (Å²) in [5.74, 6) is 0.438. The predicted molar refractivity (Wildman–Crippen MR) is 88.7 cm³/mol. The minimum atomic E-state index is -3.48. The number of hydrogen-bond acceptors (Lipinski definition) is 3. The molecule has 1 aliphatic carbocycles. The van der Waals surface area contributed by atoms with Gasteiger partial charge >= 0.3 is 0 Å². The van der Waals surface area contributed by atoms with Crippen molar-refractivity contribution in [2.45, 2.75) is 38.6 Å². The molecule has 21 heavy (non-hydrogen) atoms. The van der Waals surface area contributed by atoms with E-state index in [2.05, 4.69) is 39.8 Å². The van der Waals surface area contributed by atoms with Gasteiger partial charge in [0.05, 0.1) is 4.90 Å². The Kier molecular flexibility index (Phi) is 4.83. The van der Waals surface area contributed by atoms with E-state index in [1.807, 2.05) is 20.0 Å². The molecule has 0 spiro atoms. The maximum atomic E-state index is 12.5. The van der Waals surface area contributed by atoms with Gasteiger partial charge in [0.25, 0.3) is 0 Å². The average molecular weight is 375 g/mol. The topological polar surface area (TPSA) is 58.2 Å². The molecule has 0 aromatic heterocycles. The molecule has 2 N–H and O–H groups in total. The second-order valence-electron chi connectivity index (χ2n) is 6.50. The summed E-state index contributed by atoms with van der Waals surface area (Å²) in [7, 11) is -1.64. The zero-order valence-electron chi connectivity index (χ0n) is 13.0. The van der Waals surface area contributed by atoms with Crippen LogP contribution in [0.15, 0.2) is 21.5 Å². The fraction of sp³-hybridized carbons (Fsp3) is 0.600. The minimum absolute atomic E-state index is 0.268. The Morgan fingerprint density at radius 1 is 1.38 bits per heavy atom. The monoisotopic (exact) mass is 374 g/mol. The molecule has 1 aromatic rings. The van der Waals surface area contributed by atoms with E-state index in [9.17, 15) is 8.42 Å². The van der Waals surface area contributed by atoms with Crippen LogP contribution in [-0.2, 0) is 16.6 Å². The van der Waals surface area contributed by atoms with E-state index in [0.717, 1.165) is 17.5 Å². The molecule has 0 saturated heterocycles. The van der Waals surface area contributed by atoms with E-state index in [1.165, 1.54) is 0 Å². The second-order valence-corrected chi connectivity index (χ2v) is 9.03. The fourth-order valence-electron chi connectivity index (χ4n) is 2.52. The summed E-state index contributed by atoms with van der Waals surface area (Å²) in [5, 5.41) is 3.05. The van der Waals surface area contributed by atoms with Crippen LogP contribution in [0, 0.1) is 18.3 Å². The van der Waals surface area contributed by atoms with Gasteiger partial charge in [0.15, 0.2) is 0 Å². The minimum Gasteiger partial charge on any atom is -0.316 e. The summed E-state index contributed by atoms with van der Waals surface area (Å²) >= 11 is 3.41. The van der Waals surface area contributed by atoms with Crippen molar-refractivity contribution >= 4 is 26.0 Å². The van der Waals surface area contributed by atoms with Crippen molar-refractivity contribution in [3.63, 3.8) is 0 Å². The summed E-state index contributed by atoms with van der Waals surface area (Å²) in [6.07, 6.45) is 1.08. The molecule has 1 atom stereocenters. The molecule has 4 nitrogen and oxygen atoms in total. The molecule has 6 heteroatoms. The van der Waals surface area contributed by atoms with Crippen molar-refractivity contribution in [1.82, 2.24) is 10.0 Å². The third kappa shape index (κ3) is 3.86. The molecule has 0 bridgehead atoms. The lowest BCUT2D eigenvalue weighted by molar-refractivity contribution is 0.537. The Balaban J connectivity index is 2.22. The van der Waals surface area contributed by atoms with E-state index in [-0.39, 0.29) is 5.41 Å². The Hall–Kier alpha value is -0.430. The Labute approximate surface area is 135 Å². The molecule has 1 aromatic carbocycles. The van der Waals surface area contributed by atoms with Gasteiger partial charge in [-0.2, -0.15) is 0 Å². The highest BCUT2D eigenvalue weighted by Gasteiger charge is 2.45. The van der Waals surface area contributed by atoms with Gasteiger partial charge in [0.1, 0.15) is 0 Å². The largest absolute Gasteiger partial charge is 0.316 e. The van der Waals surface area contributed by atoms with Crippen molar-refractivity contribution in [2.75, 3.05) is 13.6 Å². The van der Waals surface area contributed by atoms with Gasteiger partial charge in [-0.25, -0.2) is 13.1 Å². The average Bonchev–Trinajstić information content (AvgIpc) is 2.99. The normalized spacial score (nSPS) is 20.5. The van der Waals surface area contributed by atoms with Crippen molar-refractivity contribution in [3.8, 4) is 0 Å². The lowest BCUT2D eigenvalue weighted by atomic mass is 10.1. The number of nitrogens with one attached hydrogen (secondary N) is 2. The van der Waals surface area contributed by atoms with Crippen LogP contribution in [0.5, 0.6) is 0 Å². The molecule has 0 aliphatic heterocycles. The number of halogens is 1. The quantitative estimate of drug-likeness (QED) is 0.804. The molecule has 0 heterocycles. The molecule has 1 aliphatic rings. The molecule has 0 amide bonds. The molecule has 2 rings (SSSR count). The summed E-state index contributed by atoms with van der Waals surface area (Å²) in [5.41, 5.74) is 2.16. The Morgan fingerprint density at radius 3 is 2.52 bits per heavy atom. The Morgan fingerprint density at radius 2 is 2.00 bits per heavy atom. The number of aryl methyl sites for hydroxylation is 1. The van der Waals surface area contributed by atoms with Gasteiger partial charge in [-0.1, -0.05) is 19.9 Å². The van der Waals surface area contributed by atoms with Crippen LogP contribution in [-0.4, -0.2) is 22.0 Å². The van der Waals surface area contributed by atoms with E-state index in [1.54, 1.807) is 6.07 Å². The summed E-state index contributed by atoms with van der Waals surface area (Å²) in [4.78, 5) is 0.325. The second kappa shape index (κ2) is 5.99. The highest BCUT2D eigenvalue weighted by atomic mass is 79.9. The third-order valence-electron chi connectivity index (χ3n) is 4.19. The zero-order chi connectivity index (χ0) is 15.8. The fourth-order valence-corrected chi connectivity index (χ4v) is 4.67. The van der Waals surface area contributed by atoms with Crippen molar-refractivity contribution in [2.24, 2.45) is 11.3 Å².